The topological polar surface area (TPSA) is 73.9 Å². The first-order valence-corrected chi connectivity index (χ1v) is 18.3. The first-order chi connectivity index (χ1) is 21.7. The van der Waals surface area contributed by atoms with Gasteiger partial charge < -0.3 is 19.6 Å². The standard InChI is InChI=1S/C38H58N4O2/c43-42-27-19-17-15-13-11-9-7-5-3-1-2-4-6-8-10-12-14-16-18-21-32(25-28-42)37(31-42)44-38-40-29-33(30-41-38)34-22-20-23-36-35(34)24-26-39-36/h20,22-24,26,29-30,32,37,39H,1-19,21,25,27-28,31H2/t32?,37-,42?/m0/s1. The molecule has 3 fully saturated rings. The first kappa shape index (κ1) is 32.9. The number of aromatic nitrogens is 3. The van der Waals surface area contributed by atoms with E-state index in [2.05, 4.69) is 39.2 Å². The van der Waals surface area contributed by atoms with E-state index in [4.69, 9.17) is 4.74 Å². The summed E-state index contributed by atoms with van der Waals surface area (Å²) in [5.41, 5.74) is 3.19. The SMILES string of the molecule is [O-][N+]12CCCCCCCCCCCCCCCCCCCCCC(CC1)[C@@H](Oc1ncc(-c3cccc4[nH]ccc34)cn1)C2. The molecule has 1 aromatic carbocycles. The third-order valence-electron chi connectivity index (χ3n) is 10.4. The predicted octanol–water partition coefficient (Wildman–Crippen LogP) is 10.5. The van der Waals surface area contributed by atoms with Crippen molar-refractivity contribution in [3.05, 3.63) is 48.1 Å². The minimum atomic E-state index is -0.116. The number of nitrogens with zero attached hydrogens (tertiary/aromatic N) is 3. The fraction of sp³-hybridized carbons (Fsp3) is 0.684. The van der Waals surface area contributed by atoms with Crippen LogP contribution < -0.4 is 4.74 Å². The number of benzene rings is 1. The van der Waals surface area contributed by atoms with Gasteiger partial charge in [0.15, 0.2) is 6.10 Å². The summed E-state index contributed by atoms with van der Waals surface area (Å²) in [4.78, 5) is 12.6. The van der Waals surface area contributed by atoms with Gasteiger partial charge >= 0.3 is 6.01 Å². The minimum absolute atomic E-state index is 0.116. The summed E-state index contributed by atoms with van der Waals surface area (Å²) >= 11 is 0. The summed E-state index contributed by atoms with van der Waals surface area (Å²) in [6, 6.07) is 8.74. The second-order valence-electron chi connectivity index (χ2n) is 13.9. The van der Waals surface area contributed by atoms with Crippen LogP contribution in [0, 0.1) is 11.1 Å². The normalized spacial score (nSPS) is 26.5. The highest BCUT2D eigenvalue weighted by Crippen LogP contribution is 2.32. The molecule has 0 spiro atoms. The average molecular weight is 603 g/mol. The maximum atomic E-state index is 13.9. The number of ether oxygens (including phenoxy) is 1. The van der Waals surface area contributed by atoms with Crippen molar-refractivity contribution >= 4 is 10.9 Å². The lowest BCUT2D eigenvalue weighted by Gasteiger charge is -2.50. The van der Waals surface area contributed by atoms with Crippen LogP contribution in [-0.4, -0.2) is 45.3 Å². The molecule has 0 radical (unpaired) electrons. The summed E-state index contributed by atoms with van der Waals surface area (Å²) in [6.07, 6.45) is 33.1. The molecular formula is C38H58N4O2. The predicted molar refractivity (Wildman–Crippen MR) is 182 cm³/mol. The van der Waals surface area contributed by atoms with Gasteiger partial charge in [-0.15, -0.1) is 0 Å². The summed E-state index contributed by atoms with van der Waals surface area (Å²) in [7, 11) is 0. The van der Waals surface area contributed by atoms with Gasteiger partial charge in [0, 0.05) is 47.4 Å². The zero-order valence-electron chi connectivity index (χ0n) is 27.3. The van der Waals surface area contributed by atoms with Gasteiger partial charge in [0.25, 0.3) is 0 Å². The van der Waals surface area contributed by atoms with Gasteiger partial charge in [-0.3, -0.25) is 0 Å². The van der Waals surface area contributed by atoms with E-state index in [0.717, 1.165) is 47.8 Å². The van der Waals surface area contributed by atoms with Gasteiger partial charge in [-0.05, 0) is 37.0 Å². The Hall–Kier alpha value is -2.44. The first-order valence-electron chi connectivity index (χ1n) is 18.3. The lowest BCUT2D eigenvalue weighted by molar-refractivity contribution is -0.890. The van der Waals surface area contributed by atoms with Gasteiger partial charge in [-0.25, -0.2) is 9.97 Å². The van der Waals surface area contributed by atoms with Gasteiger partial charge in [-0.1, -0.05) is 121 Å². The zero-order chi connectivity index (χ0) is 30.3. The minimum Gasteiger partial charge on any atom is -0.633 e. The monoisotopic (exact) mass is 602 g/mol. The molecule has 6 rings (SSSR count). The quantitative estimate of drug-likeness (QED) is 0.239. The summed E-state index contributed by atoms with van der Waals surface area (Å²) < 4.78 is 6.39. The number of aromatic amines is 1. The van der Waals surface area contributed by atoms with Crippen molar-refractivity contribution < 1.29 is 9.38 Å². The van der Waals surface area contributed by atoms with E-state index in [1.807, 2.05) is 18.6 Å². The second kappa shape index (κ2) is 17.9. The zero-order valence-corrected chi connectivity index (χ0v) is 27.3. The van der Waals surface area contributed by atoms with Crippen molar-refractivity contribution in [1.29, 1.82) is 0 Å². The van der Waals surface area contributed by atoms with E-state index < -0.39 is 0 Å². The molecule has 44 heavy (non-hydrogen) atoms. The molecule has 0 aliphatic carbocycles. The summed E-state index contributed by atoms with van der Waals surface area (Å²) in [5.74, 6) is 0.404. The van der Waals surface area contributed by atoms with Crippen LogP contribution in [0.15, 0.2) is 42.9 Å². The fourth-order valence-corrected chi connectivity index (χ4v) is 7.62. The molecule has 242 valence electrons. The van der Waals surface area contributed by atoms with Crippen LogP contribution in [0.25, 0.3) is 22.0 Å². The fourth-order valence-electron chi connectivity index (χ4n) is 7.62. The Morgan fingerprint density at radius 2 is 1.23 bits per heavy atom. The molecule has 0 amide bonds. The van der Waals surface area contributed by atoms with E-state index >= 15 is 0 Å². The molecule has 1 N–H and O–H groups in total. The Bertz CT molecular complexity index is 1210. The largest absolute Gasteiger partial charge is 0.633 e. The third-order valence-corrected chi connectivity index (χ3v) is 10.4. The van der Waals surface area contributed by atoms with Crippen molar-refractivity contribution in [3.8, 4) is 17.1 Å². The van der Waals surface area contributed by atoms with Crippen LogP contribution in [0.2, 0.25) is 0 Å². The van der Waals surface area contributed by atoms with Crippen molar-refractivity contribution in [2.75, 3.05) is 19.6 Å². The van der Waals surface area contributed by atoms with E-state index in [0.29, 0.717) is 25.0 Å². The number of quaternary nitrogens is 1. The Labute approximate surface area is 266 Å². The molecule has 0 saturated carbocycles. The van der Waals surface area contributed by atoms with Crippen LogP contribution in [-0.2, 0) is 0 Å². The highest BCUT2D eigenvalue weighted by molar-refractivity contribution is 5.94. The van der Waals surface area contributed by atoms with Crippen LogP contribution in [0.1, 0.15) is 135 Å². The van der Waals surface area contributed by atoms with E-state index in [1.54, 1.807) is 0 Å². The van der Waals surface area contributed by atoms with E-state index in [1.165, 1.54) is 116 Å². The van der Waals surface area contributed by atoms with Crippen molar-refractivity contribution in [2.24, 2.45) is 5.92 Å². The molecule has 3 aliphatic heterocycles. The number of nitrogens with one attached hydrogen (secondary N) is 1. The van der Waals surface area contributed by atoms with E-state index in [-0.39, 0.29) is 10.8 Å². The number of hydrogen-bond acceptors (Lipinski definition) is 4. The molecular weight excluding hydrogens is 544 g/mol. The lowest BCUT2D eigenvalue weighted by atomic mass is 9.88. The number of hydroxylamine groups is 3. The molecule has 3 atom stereocenters. The summed E-state index contributed by atoms with van der Waals surface area (Å²) in [5, 5.41) is 15.1. The molecule has 6 heteroatoms. The van der Waals surface area contributed by atoms with Crippen LogP contribution in [0.5, 0.6) is 6.01 Å². The smallest absolute Gasteiger partial charge is 0.316 e. The Kier molecular flexibility index (Phi) is 13.4. The van der Waals surface area contributed by atoms with E-state index in [9.17, 15) is 5.21 Å². The highest BCUT2D eigenvalue weighted by atomic mass is 16.6. The molecule has 2 aromatic heterocycles. The Morgan fingerprint density at radius 3 is 1.84 bits per heavy atom. The molecule has 2 bridgehead atoms. The number of H-pyrrole nitrogens is 1. The molecule has 3 saturated heterocycles. The van der Waals surface area contributed by atoms with Crippen LogP contribution in [0.3, 0.4) is 0 Å². The van der Waals surface area contributed by atoms with Gasteiger partial charge in [0.1, 0.15) is 6.54 Å². The second-order valence-corrected chi connectivity index (χ2v) is 13.9. The third kappa shape index (κ3) is 10.3. The molecule has 3 aromatic rings. The van der Waals surface area contributed by atoms with Crippen molar-refractivity contribution in [1.82, 2.24) is 15.0 Å². The molecule has 3 aliphatic rings. The molecule has 5 heterocycles. The Morgan fingerprint density at radius 1 is 0.659 bits per heavy atom. The Balaban J connectivity index is 1.18. The number of piperidine rings is 1. The number of rotatable bonds is 3. The maximum Gasteiger partial charge on any atom is 0.316 e. The maximum absolute atomic E-state index is 13.9. The van der Waals surface area contributed by atoms with Gasteiger partial charge in [0.05, 0.1) is 13.1 Å². The van der Waals surface area contributed by atoms with Gasteiger partial charge in [0.2, 0.25) is 0 Å². The number of hydrogen-bond donors (Lipinski definition) is 1. The molecule has 2 unspecified atom stereocenters. The number of fused-ring (bicyclic) bond motifs is 23. The van der Waals surface area contributed by atoms with Crippen molar-refractivity contribution in [3.63, 3.8) is 0 Å². The van der Waals surface area contributed by atoms with Gasteiger partial charge in [-0.2, -0.15) is 0 Å². The van der Waals surface area contributed by atoms with Crippen LogP contribution >= 0.6 is 0 Å². The average Bonchev–Trinajstić information content (AvgIpc) is 3.52. The highest BCUT2D eigenvalue weighted by Gasteiger charge is 2.37. The summed E-state index contributed by atoms with van der Waals surface area (Å²) in [6.45, 7) is 1.97. The van der Waals surface area contributed by atoms with Crippen molar-refractivity contribution in [2.45, 2.75) is 141 Å². The molecule has 6 nitrogen and oxygen atoms in total. The lowest BCUT2D eigenvalue weighted by Crippen LogP contribution is -2.56. The van der Waals surface area contributed by atoms with Crippen LogP contribution in [0.4, 0.5) is 0 Å².